The zero-order valence-electron chi connectivity index (χ0n) is 6.56. The quantitative estimate of drug-likeness (QED) is 0.521. The molecule has 0 N–H and O–H groups in total. The minimum Gasteiger partial charge on any atom is -0.294 e. The van der Waals surface area contributed by atoms with Crippen LogP contribution in [0.2, 0.25) is 10.3 Å². The number of carbonyl (C=O) groups excluding carboxylic acids is 1. The van der Waals surface area contributed by atoms with Crippen LogP contribution in [0.25, 0.3) is 0 Å². The van der Waals surface area contributed by atoms with Gasteiger partial charge in [-0.1, -0.05) is 23.2 Å². The van der Waals surface area contributed by atoms with Gasteiger partial charge in [0, 0.05) is 0 Å². The van der Waals surface area contributed by atoms with Crippen molar-refractivity contribution in [3.8, 4) is 0 Å². The number of hydrogen-bond donors (Lipinski definition) is 0. The summed E-state index contributed by atoms with van der Waals surface area (Å²) in [6.45, 7) is 3.02. The molecule has 0 fully saturated rings. The van der Waals surface area contributed by atoms with E-state index >= 15 is 0 Å². The van der Waals surface area contributed by atoms with Crippen molar-refractivity contribution >= 4 is 29.0 Å². The molecule has 1 rings (SSSR count). The highest BCUT2D eigenvalue weighted by atomic mass is 35.5. The third kappa shape index (κ3) is 1.73. The van der Waals surface area contributed by atoms with Crippen LogP contribution in [-0.4, -0.2) is 15.8 Å². The number of aromatic nitrogens is 2. The summed E-state index contributed by atoms with van der Waals surface area (Å²) in [5.74, 6) is 0.222. The molecule has 1 heterocycles. The van der Waals surface area contributed by atoms with Crippen LogP contribution in [0, 0.1) is 6.92 Å². The smallest absolute Gasteiger partial charge is 0.166 e. The Kier molecular flexibility index (Phi) is 2.65. The maximum absolute atomic E-state index is 10.9. The van der Waals surface area contributed by atoms with E-state index in [1.807, 2.05) is 0 Å². The summed E-state index contributed by atoms with van der Waals surface area (Å²) in [6, 6.07) is 0. The predicted octanol–water partition coefficient (Wildman–Crippen LogP) is 2.29. The standard InChI is InChI=1S/C7H6Cl2N2O/c1-3(12)5-6(8)10-4(2)11-7(5)9/h1-2H3. The van der Waals surface area contributed by atoms with Gasteiger partial charge in [-0.2, -0.15) is 0 Å². The minimum absolute atomic E-state index is 0.111. The normalized spacial score (nSPS) is 10.0. The Labute approximate surface area is 79.7 Å². The van der Waals surface area contributed by atoms with Gasteiger partial charge in [-0.25, -0.2) is 9.97 Å². The Balaban J connectivity index is 3.38. The van der Waals surface area contributed by atoms with E-state index in [0.29, 0.717) is 5.82 Å². The zero-order valence-corrected chi connectivity index (χ0v) is 8.07. The van der Waals surface area contributed by atoms with Crippen molar-refractivity contribution in [2.75, 3.05) is 0 Å². The van der Waals surface area contributed by atoms with Crippen molar-refractivity contribution in [2.24, 2.45) is 0 Å². The lowest BCUT2D eigenvalue weighted by Crippen LogP contribution is -2.01. The van der Waals surface area contributed by atoms with Crippen molar-refractivity contribution in [3.63, 3.8) is 0 Å². The summed E-state index contributed by atoms with van der Waals surface area (Å²) >= 11 is 11.3. The summed E-state index contributed by atoms with van der Waals surface area (Å²) in [7, 11) is 0. The largest absolute Gasteiger partial charge is 0.294 e. The molecule has 0 atom stereocenters. The topological polar surface area (TPSA) is 42.9 Å². The highest BCUT2D eigenvalue weighted by Gasteiger charge is 2.13. The molecule has 64 valence electrons. The first kappa shape index (κ1) is 9.42. The van der Waals surface area contributed by atoms with E-state index in [4.69, 9.17) is 23.2 Å². The molecule has 0 radical (unpaired) electrons. The average molecular weight is 205 g/mol. The monoisotopic (exact) mass is 204 g/mol. The average Bonchev–Trinajstić information content (AvgIpc) is 1.82. The Morgan fingerprint density at radius 2 is 1.67 bits per heavy atom. The Bertz CT molecular complexity index is 315. The lowest BCUT2D eigenvalue weighted by molar-refractivity contribution is 0.101. The number of nitrogens with zero attached hydrogens (tertiary/aromatic N) is 2. The van der Waals surface area contributed by atoms with Crippen molar-refractivity contribution in [2.45, 2.75) is 13.8 Å². The van der Waals surface area contributed by atoms with Crippen molar-refractivity contribution in [1.82, 2.24) is 9.97 Å². The first-order valence-corrected chi connectivity index (χ1v) is 3.98. The summed E-state index contributed by atoms with van der Waals surface area (Å²) in [6.07, 6.45) is 0. The molecule has 12 heavy (non-hydrogen) atoms. The number of hydrogen-bond acceptors (Lipinski definition) is 3. The van der Waals surface area contributed by atoms with Gasteiger partial charge in [0.25, 0.3) is 0 Å². The third-order valence-corrected chi connectivity index (χ3v) is 1.83. The maximum atomic E-state index is 10.9. The first-order chi connectivity index (χ1) is 5.52. The second kappa shape index (κ2) is 3.37. The van der Waals surface area contributed by atoms with Gasteiger partial charge in [0.15, 0.2) is 5.78 Å². The van der Waals surface area contributed by atoms with Crippen LogP contribution < -0.4 is 0 Å². The van der Waals surface area contributed by atoms with Crippen LogP contribution in [-0.2, 0) is 0 Å². The molecule has 0 saturated carbocycles. The van der Waals surface area contributed by atoms with E-state index < -0.39 is 0 Å². The van der Waals surface area contributed by atoms with E-state index in [0.717, 1.165) is 0 Å². The van der Waals surface area contributed by atoms with Crippen molar-refractivity contribution < 1.29 is 4.79 Å². The first-order valence-electron chi connectivity index (χ1n) is 3.23. The molecule has 0 aliphatic carbocycles. The zero-order chi connectivity index (χ0) is 9.30. The number of carbonyl (C=O) groups is 1. The molecule has 1 aromatic rings. The second-order valence-corrected chi connectivity index (χ2v) is 3.00. The number of ketones is 1. The molecule has 1 aromatic heterocycles. The highest BCUT2D eigenvalue weighted by molar-refractivity contribution is 6.38. The van der Waals surface area contributed by atoms with E-state index in [2.05, 4.69) is 9.97 Å². The Morgan fingerprint density at radius 1 is 1.25 bits per heavy atom. The van der Waals surface area contributed by atoms with Gasteiger partial charge < -0.3 is 0 Å². The van der Waals surface area contributed by atoms with Gasteiger partial charge in [0.05, 0.1) is 5.56 Å². The third-order valence-electron chi connectivity index (χ3n) is 1.28. The van der Waals surface area contributed by atoms with E-state index in [1.54, 1.807) is 6.92 Å². The predicted molar refractivity (Wildman–Crippen MR) is 46.8 cm³/mol. The lowest BCUT2D eigenvalue weighted by Gasteiger charge is -2.01. The molecule has 0 aromatic carbocycles. The molecular formula is C7H6Cl2N2O. The van der Waals surface area contributed by atoms with Crippen LogP contribution in [0.5, 0.6) is 0 Å². The summed E-state index contributed by atoms with van der Waals surface area (Å²) < 4.78 is 0. The molecule has 3 nitrogen and oxygen atoms in total. The van der Waals surface area contributed by atoms with Crippen LogP contribution >= 0.6 is 23.2 Å². The molecule has 0 saturated heterocycles. The van der Waals surface area contributed by atoms with Gasteiger partial charge in [-0.3, -0.25) is 4.79 Å². The summed E-state index contributed by atoms with van der Waals surface area (Å²) in [5.41, 5.74) is 0.184. The molecule has 0 spiro atoms. The number of rotatable bonds is 1. The van der Waals surface area contributed by atoms with Gasteiger partial charge >= 0.3 is 0 Å². The van der Waals surface area contributed by atoms with E-state index in [9.17, 15) is 4.79 Å². The van der Waals surface area contributed by atoms with Crippen LogP contribution in [0.3, 0.4) is 0 Å². The van der Waals surface area contributed by atoms with E-state index in [-0.39, 0.29) is 21.7 Å². The fraction of sp³-hybridized carbons (Fsp3) is 0.286. The molecule has 0 aliphatic heterocycles. The van der Waals surface area contributed by atoms with Gasteiger partial charge in [0.1, 0.15) is 16.1 Å². The SMILES string of the molecule is CC(=O)c1c(Cl)nc(C)nc1Cl. The molecule has 0 bridgehead atoms. The molecule has 0 aliphatic rings. The Hall–Kier alpha value is -0.670. The minimum atomic E-state index is -0.231. The number of halogens is 2. The van der Waals surface area contributed by atoms with Crippen LogP contribution in [0.1, 0.15) is 23.1 Å². The van der Waals surface area contributed by atoms with Crippen LogP contribution in [0.4, 0.5) is 0 Å². The summed E-state index contributed by atoms with van der Waals surface area (Å²) in [4.78, 5) is 18.6. The fourth-order valence-corrected chi connectivity index (χ4v) is 1.53. The maximum Gasteiger partial charge on any atom is 0.166 e. The molecular weight excluding hydrogens is 199 g/mol. The van der Waals surface area contributed by atoms with Crippen molar-refractivity contribution in [3.05, 3.63) is 21.7 Å². The fourth-order valence-electron chi connectivity index (χ4n) is 0.797. The van der Waals surface area contributed by atoms with Crippen LogP contribution in [0.15, 0.2) is 0 Å². The molecule has 0 unspecified atom stereocenters. The molecule has 0 amide bonds. The van der Waals surface area contributed by atoms with Crippen molar-refractivity contribution in [1.29, 1.82) is 0 Å². The van der Waals surface area contributed by atoms with E-state index in [1.165, 1.54) is 6.92 Å². The number of aryl methyl sites for hydroxylation is 1. The highest BCUT2D eigenvalue weighted by Crippen LogP contribution is 2.20. The Morgan fingerprint density at radius 3 is 2.00 bits per heavy atom. The summed E-state index contributed by atoms with van der Waals surface area (Å²) in [5, 5.41) is 0.222. The van der Waals surface area contributed by atoms with Gasteiger partial charge in [-0.05, 0) is 13.8 Å². The van der Waals surface area contributed by atoms with Gasteiger partial charge in [0.2, 0.25) is 0 Å². The van der Waals surface area contributed by atoms with Gasteiger partial charge in [-0.15, -0.1) is 0 Å². The number of Topliss-reactive ketones (excluding diaryl/α,β-unsaturated/α-hetero) is 1. The lowest BCUT2D eigenvalue weighted by atomic mass is 10.2. The molecule has 5 heteroatoms. The second-order valence-electron chi connectivity index (χ2n) is 2.28.